The molecule has 0 radical (unpaired) electrons. The fraction of sp³-hybridized carbons (Fsp3) is 0.865. The topological polar surface area (TPSA) is 353 Å². The second-order valence-corrected chi connectivity index (χ2v) is 30.5. The van der Waals surface area contributed by atoms with Gasteiger partial charge in [0.1, 0.15) is 0 Å². The summed E-state index contributed by atoms with van der Waals surface area (Å²) in [6.45, 7) is 39.3. The lowest BCUT2D eigenvalue weighted by Crippen LogP contribution is -2.31. The zero-order valence-electron chi connectivity index (χ0n) is 82.3. The van der Waals surface area contributed by atoms with Crippen LogP contribution in [0, 0.1) is 13.8 Å². The van der Waals surface area contributed by atoms with Crippen molar-refractivity contribution in [2.45, 2.75) is 70.9 Å². The maximum atomic E-state index is 14.3. The van der Waals surface area contributed by atoms with Gasteiger partial charge in [0.05, 0.1) is 436 Å². The fourth-order valence-corrected chi connectivity index (χ4v) is 13.5. The Hall–Kier alpha value is -3.53. The molecular formula is C96H173NO37. The Kier molecular flexibility index (Phi) is 87.6. The molecule has 0 saturated heterocycles. The molecule has 784 valence electrons. The molecule has 0 spiro atoms. The average Bonchev–Trinajstić information content (AvgIpc) is 1.54. The van der Waals surface area contributed by atoms with E-state index in [4.69, 9.17) is 171 Å². The molecule has 0 aromatic heterocycles. The quantitative estimate of drug-likeness (QED) is 0.0661. The van der Waals surface area contributed by atoms with E-state index in [0.717, 1.165) is 25.7 Å². The van der Waals surface area contributed by atoms with E-state index in [-0.39, 0.29) is 11.3 Å². The summed E-state index contributed by atoms with van der Waals surface area (Å²) in [5.41, 5.74) is 9.58. The van der Waals surface area contributed by atoms with Crippen LogP contribution in [0.2, 0.25) is 0 Å². The molecule has 0 saturated carbocycles. The molecule has 38 nitrogen and oxygen atoms in total. The van der Waals surface area contributed by atoms with Gasteiger partial charge in [0.2, 0.25) is 5.91 Å². The molecule has 38 heteroatoms. The molecule has 2 aromatic carbocycles. The third-order valence-corrected chi connectivity index (χ3v) is 20.0. The van der Waals surface area contributed by atoms with Gasteiger partial charge in [-0.3, -0.25) is 4.79 Å². The van der Waals surface area contributed by atoms with E-state index in [9.17, 15) is 4.79 Å². The van der Waals surface area contributed by atoms with Gasteiger partial charge in [0.15, 0.2) is 0 Å². The second-order valence-electron chi connectivity index (χ2n) is 30.5. The predicted octanol–water partition coefficient (Wildman–Crippen LogP) is 6.24. The number of amides is 1. The van der Waals surface area contributed by atoms with Gasteiger partial charge in [-0.25, -0.2) is 0 Å². The smallest absolute Gasteiger partial charge is 0.223 e. The molecule has 0 N–H and O–H groups in total. The van der Waals surface area contributed by atoms with Crippen molar-refractivity contribution in [2.24, 2.45) is 0 Å². The van der Waals surface area contributed by atoms with Gasteiger partial charge in [0, 0.05) is 66.1 Å². The summed E-state index contributed by atoms with van der Waals surface area (Å²) in [4.78, 5) is 16.3. The number of hydrogen-bond donors (Lipinski definition) is 0. The molecule has 0 atom stereocenters. The molecule has 0 fully saturated rings. The molecule has 0 unspecified atom stereocenters. The van der Waals surface area contributed by atoms with Gasteiger partial charge in [-0.05, 0) is 79.3 Å². The summed E-state index contributed by atoms with van der Waals surface area (Å²) >= 11 is 0. The standard InChI is InChI=1S/C96H173NO37/c1-87-81-89-85-97(93(98)9-6-12-102-21-24-108-33-36-114-45-48-120-57-60-126-69-72-132-78-75-129-66-63-123-54-51-117-42-39-111-30-27-105-18-15-99-3)86-90-82-88(2)84-92-95(90)94(89)91(83-87)96(92,10-7-13-103-22-25-109-34-37-115-46-49-121-58-61-127-70-73-133-79-76-130-67-64-124-55-52-118-43-40-112-31-28-106-19-16-100-4)11-8-14-104-23-26-110-35-38-116-47-50-122-59-62-128-71-74-134-80-77-131-68-65-125-56-53-119-44-41-113-32-29-107-20-17-101-5/h81-84H,6-80,85-86H2,1-5H3. The highest BCUT2D eigenvalue weighted by Gasteiger charge is 2.46. The van der Waals surface area contributed by atoms with E-state index in [0.29, 0.717) is 482 Å². The van der Waals surface area contributed by atoms with Crippen LogP contribution >= 0.6 is 0 Å². The maximum absolute atomic E-state index is 14.3. The van der Waals surface area contributed by atoms with E-state index in [1.54, 1.807) is 21.3 Å². The molecule has 134 heavy (non-hydrogen) atoms. The summed E-state index contributed by atoms with van der Waals surface area (Å²) in [5, 5.41) is 0. The van der Waals surface area contributed by atoms with Crippen molar-refractivity contribution in [1.82, 2.24) is 4.90 Å². The number of carbonyl (C=O) groups excluding carboxylic acids is 1. The summed E-state index contributed by atoms with van der Waals surface area (Å²) in [6.07, 6.45) is 4.40. The Morgan fingerprint density at radius 3 is 0.507 bits per heavy atom. The SMILES string of the molecule is COCCOCCOCCOCCOCCOCCOCCOCCOCCOCCOCCOCCCC(=O)N1Cc2cc(C)cc3c2-c2c(cc(C)cc2C3(CCCOCCOCCOCCOCCOCCOCCOCCOCCOCCOCCOCCOC)CCCOCCOCCOCCOCCOCCOCCOCCOCCOCCOCCOCCOC)C1. The minimum atomic E-state index is -0.302. The highest BCUT2D eigenvalue weighted by Crippen LogP contribution is 2.57. The number of benzene rings is 2. The highest BCUT2D eigenvalue weighted by atomic mass is 16.6. The minimum absolute atomic E-state index is 0.107. The first-order valence-electron chi connectivity index (χ1n) is 48.5. The molecule has 2 aliphatic rings. The van der Waals surface area contributed by atoms with Crippen LogP contribution in [0.5, 0.6) is 0 Å². The summed E-state index contributed by atoms with van der Waals surface area (Å²) in [7, 11) is 4.93. The first-order chi connectivity index (χ1) is 66.4. The molecule has 1 aliphatic heterocycles. The minimum Gasteiger partial charge on any atom is -0.382 e. The maximum Gasteiger partial charge on any atom is 0.223 e. The van der Waals surface area contributed by atoms with Gasteiger partial charge in [0.25, 0.3) is 0 Å². The Balaban J connectivity index is 1.05. The van der Waals surface area contributed by atoms with Crippen molar-refractivity contribution in [2.75, 3.05) is 477 Å². The highest BCUT2D eigenvalue weighted by molar-refractivity contribution is 5.88. The Labute approximate surface area is 799 Å². The molecular weight excluding hydrogens is 1760 g/mol. The van der Waals surface area contributed by atoms with E-state index in [2.05, 4.69) is 38.1 Å². The summed E-state index contributed by atoms with van der Waals surface area (Å²) < 4.78 is 201. The Bertz CT molecular complexity index is 2700. The first kappa shape index (κ1) is 123. The second kappa shape index (κ2) is 95.6. The van der Waals surface area contributed by atoms with Crippen molar-refractivity contribution < 1.29 is 175 Å². The number of rotatable bonds is 111. The predicted molar refractivity (Wildman–Crippen MR) is 497 cm³/mol. The molecule has 0 bridgehead atoms. The van der Waals surface area contributed by atoms with Crippen LogP contribution in [0.15, 0.2) is 24.3 Å². The van der Waals surface area contributed by atoms with E-state index in [1.165, 1.54) is 44.5 Å². The Morgan fingerprint density at radius 2 is 0.351 bits per heavy atom. The van der Waals surface area contributed by atoms with Crippen molar-refractivity contribution in [3.05, 3.63) is 57.6 Å². The monoisotopic (exact) mass is 1930 g/mol. The lowest BCUT2D eigenvalue weighted by molar-refractivity contribution is -0.132. The molecule has 1 aliphatic carbocycles. The molecule has 2 aromatic rings. The van der Waals surface area contributed by atoms with Gasteiger partial charge < -0.3 is 175 Å². The molecule has 4 rings (SSSR count). The van der Waals surface area contributed by atoms with Crippen LogP contribution in [0.25, 0.3) is 11.1 Å². The average molecular weight is 1930 g/mol. The zero-order chi connectivity index (χ0) is 95.0. The van der Waals surface area contributed by atoms with E-state index < -0.39 is 0 Å². The largest absolute Gasteiger partial charge is 0.382 e. The third kappa shape index (κ3) is 70.2. The third-order valence-electron chi connectivity index (χ3n) is 20.0. The van der Waals surface area contributed by atoms with Gasteiger partial charge in [-0.15, -0.1) is 0 Å². The summed E-state index contributed by atoms with van der Waals surface area (Å²) in [6, 6.07) is 9.34. The van der Waals surface area contributed by atoms with Crippen LogP contribution in [0.1, 0.15) is 71.9 Å². The van der Waals surface area contributed by atoms with Crippen molar-refractivity contribution in [1.29, 1.82) is 0 Å². The number of methoxy groups -OCH3 is 3. The number of carbonyl (C=O) groups is 1. The number of aryl methyl sites for hydroxylation is 2. The lowest BCUT2D eigenvalue weighted by atomic mass is 9.70. The van der Waals surface area contributed by atoms with Crippen molar-refractivity contribution in [3.63, 3.8) is 0 Å². The van der Waals surface area contributed by atoms with Crippen LogP contribution in [-0.4, -0.2) is 488 Å². The van der Waals surface area contributed by atoms with Crippen molar-refractivity contribution >= 4 is 5.91 Å². The van der Waals surface area contributed by atoms with Crippen molar-refractivity contribution in [3.8, 4) is 11.1 Å². The van der Waals surface area contributed by atoms with E-state index in [1.807, 2.05) is 4.90 Å². The van der Waals surface area contributed by atoms with Crippen LogP contribution in [0.4, 0.5) is 0 Å². The molecule has 1 heterocycles. The fourth-order valence-electron chi connectivity index (χ4n) is 13.5. The number of hydrogen-bond acceptors (Lipinski definition) is 37. The van der Waals surface area contributed by atoms with Crippen LogP contribution < -0.4 is 0 Å². The van der Waals surface area contributed by atoms with Gasteiger partial charge >= 0.3 is 0 Å². The first-order valence-corrected chi connectivity index (χ1v) is 48.5. The van der Waals surface area contributed by atoms with E-state index >= 15 is 0 Å². The zero-order valence-corrected chi connectivity index (χ0v) is 82.3. The number of nitrogens with zero attached hydrogens (tertiary/aromatic N) is 1. The van der Waals surface area contributed by atoms with Crippen LogP contribution in [-0.2, 0) is 194 Å². The number of ether oxygens (including phenoxy) is 36. The molecule has 1 amide bonds. The van der Waals surface area contributed by atoms with Gasteiger partial charge in [-0.2, -0.15) is 0 Å². The normalized spacial score (nSPS) is 12.9. The lowest BCUT2D eigenvalue weighted by Gasteiger charge is -2.34. The Morgan fingerprint density at radius 1 is 0.209 bits per heavy atom. The van der Waals surface area contributed by atoms with Crippen LogP contribution in [0.3, 0.4) is 0 Å². The van der Waals surface area contributed by atoms with Gasteiger partial charge in [-0.1, -0.05) is 35.4 Å². The summed E-state index contributed by atoms with van der Waals surface area (Å²) in [5.74, 6) is 0.107.